The molecule has 0 saturated carbocycles. The van der Waals surface area contributed by atoms with Crippen molar-refractivity contribution in [3.05, 3.63) is 0 Å². The molecule has 0 aliphatic carbocycles. The van der Waals surface area contributed by atoms with Crippen LogP contribution in [0.3, 0.4) is 0 Å². The molecule has 2 N–H and O–H groups in total. The fourth-order valence-corrected chi connectivity index (χ4v) is 2.19. The molecule has 0 saturated heterocycles. The van der Waals surface area contributed by atoms with Crippen molar-refractivity contribution in [3.63, 3.8) is 0 Å². The molecule has 0 aromatic carbocycles. The highest BCUT2D eigenvalue weighted by Gasteiger charge is 2.37. The zero-order chi connectivity index (χ0) is 16.2. The first-order valence-corrected chi connectivity index (χ1v) is 9.93. The van der Waals surface area contributed by atoms with E-state index in [2.05, 4.69) is 39.2 Å². The number of aliphatic hydroxyl groups excluding tert-OH is 1. The molecular formula is C14H31NO4Si. The summed E-state index contributed by atoms with van der Waals surface area (Å²) in [5.41, 5.74) is -0.551. The van der Waals surface area contributed by atoms with Crippen LogP contribution in [0.15, 0.2) is 0 Å². The van der Waals surface area contributed by atoms with E-state index < -0.39 is 26.1 Å². The van der Waals surface area contributed by atoms with Crippen molar-refractivity contribution >= 4 is 14.4 Å². The van der Waals surface area contributed by atoms with Gasteiger partial charge in [-0.1, -0.05) is 20.8 Å². The van der Waals surface area contributed by atoms with Gasteiger partial charge in [0.15, 0.2) is 8.32 Å². The summed E-state index contributed by atoms with van der Waals surface area (Å²) in [6.45, 7) is 16.2. The average molecular weight is 305 g/mol. The maximum Gasteiger partial charge on any atom is 0.408 e. The van der Waals surface area contributed by atoms with Crippen LogP contribution < -0.4 is 5.32 Å². The maximum absolute atomic E-state index is 11.7. The Balaban J connectivity index is 4.41. The predicted molar refractivity (Wildman–Crippen MR) is 83.4 cm³/mol. The van der Waals surface area contributed by atoms with Gasteiger partial charge in [-0.3, -0.25) is 0 Å². The Kier molecular flexibility index (Phi) is 6.71. The standard InChI is InChI=1S/C14H31NO4Si/c1-13(2,3)19-12(17)15-11(9-16)10-18-20(7,8)14(4,5)6/h11,16H,9-10H2,1-8H3,(H,15,17)/t11-/m1/s1. The fraction of sp³-hybridized carbons (Fsp3) is 0.929. The van der Waals surface area contributed by atoms with E-state index in [1.54, 1.807) is 20.8 Å². The third-order valence-corrected chi connectivity index (χ3v) is 7.89. The summed E-state index contributed by atoms with van der Waals surface area (Å²) in [5.74, 6) is 0. The van der Waals surface area contributed by atoms with Crippen LogP contribution in [0.25, 0.3) is 0 Å². The molecular weight excluding hydrogens is 274 g/mol. The molecule has 1 amide bonds. The zero-order valence-electron chi connectivity index (χ0n) is 14.2. The van der Waals surface area contributed by atoms with Crippen LogP contribution in [0.1, 0.15) is 41.5 Å². The number of hydrogen-bond donors (Lipinski definition) is 2. The van der Waals surface area contributed by atoms with Gasteiger partial charge in [-0.25, -0.2) is 4.79 Å². The average Bonchev–Trinajstić information content (AvgIpc) is 2.19. The lowest BCUT2D eigenvalue weighted by molar-refractivity contribution is 0.0454. The van der Waals surface area contributed by atoms with E-state index in [-0.39, 0.29) is 11.6 Å². The summed E-state index contributed by atoms with van der Waals surface area (Å²) in [6.07, 6.45) is -0.532. The highest BCUT2D eigenvalue weighted by Crippen LogP contribution is 2.36. The van der Waals surface area contributed by atoms with Gasteiger partial charge in [-0.15, -0.1) is 0 Å². The van der Waals surface area contributed by atoms with E-state index >= 15 is 0 Å². The van der Waals surface area contributed by atoms with Gasteiger partial charge in [0.1, 0.15) is 5.60 Å². The van der Waals surface area contributed by atoms with Crippen molar-refractivity contribution in [1.29, 1.82) is 0 Å². The first-order valence-electron chi connectivity index (χ1n) is 7.03. The second-order valence-electron chi connectivity index (χ2n) is 7.60. The Bertz CT molecular complexity index is 318. The van der Waals surface area contributed by atoms with Gasteiger partial charge in [0.2, 0.25) is 0 Å². The molecule has 0 aliphatic rings. The molecule has 6 heteroatoms. The molecule has 1 atom stereocenters. The second-order valence-corrected chi connectivity index (χ2v) is 12.4. The lowest BCUT2D eigenvalue weighted by Crippen LogP contribution is -2.48. The smallest absolute Gasteiger partial charge is 0.408 e. The minimum Gasteiger partial charge on any atom is -0.444 e. The maximum atomic E-state index is 11.7. The molecule has 0 radical (unpaired) electrons. The van der Waals surface area contributed by atoms with Crippen LogP contribution in [0.5, 0.6) is 0 Å². The van der Waals surface area contributed by atoms with Crippen LogP contribution in [-0.2, 0) is 9.16 Å². The minimum absolute atomic E-state index is 0.0962. The summed E-state index contributed by atoms with van der Waals surface area (Å²) >= 11 is 0. The van der Waals surface area contributed by atoms with Crippen LogP contribution in [0, 0.1) is 0 Å². The Morgan fingerprint density at radius 2 is 1.70 bits per heavy atom. The van der Waals surface area contributed by atoms with Crippen molar-refractivity contribution < 1.29 is 19.1 Å². The number of carbonyl (C=O) groups excluding carboxylic acids is 1. The lowest BCUT2D eigenvalue weighted by atomic mass is 10.2. The summed E-state index contributed by atoms with van der Waals surface area (Å²) in [6, 6.07) is -0.445. The van der Waals surface area contributed by atoms with Gasteiger partial charge in [0.25, 0.3) is 0 Å². The largest absolute Gasteiger partial charge is 0.444 e. The van der Waals surface area contributed by atoms with Crippen molar-refractivity contribution in [2.45, 2.75) is 71.3 Å². The molecule has 0 fully saturated rings. The van der Waals surface area contributed by atoms with Crippen LogP contribution in [0.4, 0.5) is 4.79 Å². The Hall–Kier alpha value is -0.593. The van der Waals surface area contributed by atoms with E-state index in [1.807, 2.05) is 0 Å². The summed E-state index contributed by atoms with van der Waals surface area (Å²) in [4.78, 5) is 11.7. The number of aliphatic hydroxyl groups is 1. The van der Waals surface area contributed by atoms with E-state index in [0.717, 1.165) is 0 Å². The number of hydrogen-bond acceptors (Lipinski definition) is 4. The molecule has 20 heavy (non-hydrogen) atoms. The topological polar surface area (TPSA) is 67.8 Å². The molecule has 0 rings (SSSR count). The zero-order valence-corrected chi connectivity index (χ0v) is 15.2. The van der Waals surface area contributed by atoms with Gasteiger partial charge >= 0.3 is 6.09 Å². The number of rotatable bonds is 5. The van der Waals surface area contributed by atoms with Crippen molar-refractivity contribution in [1.82, 2.24) is 5.32 Å². The summed E-state index contributed by atoms with van der Waals surface area (Å²) in [5, 5.41) is 12.1. The molecule has 0 heterocycles. The number of alkyl carbamates (subject to hydrolysis) is 1. The number of nitrogens with one attached hydrogen (secondary N) is 1. The molecule has 0 unspecified atom stereocenters. The molecule has 120 valence electrons. The van der Waals surface area contributed by atoms with Crippen LogP contribution >= 0.6 is 0 Å². The second kappa shape index (κ2) is 6.91. The molecule has 0 spiro atoms. The monoisotopic (exact) mass is 305 g/mol. The number of carbonyl (C=O) groups is 1. The van der Waals surface area contributed by atoms with Crippen molar-refractivity contribution in [2.75, 3.05) is 13.2 Å². The van der Waals surface area contributed by atoms with Gasteiger partial charge in [0.05, 0.1) is 19.3 Å². The molecule has 0 aromatic rings. The van der Waals surface area contributed by atoms with Gasteiger partial charge in [-0.05, 0) is 38.9 Å². The third-order valence-electron chi connectivity index (χ3n) is 3.39. The third kappa shape index (κ3) is 7.26. The highest BCUT2D eigenvalue weighted by molar-refractivity contribution is 6.74. The van der Waals surface area contributed by atoms with E-state index in [1.165, 1.54) is 0 Å². The molecule has 0 aromatic heterocycles. The Morgan fingerprint density at radius 3 is 2.05 bits per heavy atom. The van der Waals surface area contributed by atoms with Crippen molar-refractivity contribution in [3.8, 4) is 0 Å². The summed E-state index contributed by atoms with van der Waals surface area (Å²) < 4.78 is 11.2. The molecule has 0 aliphatic heterocycles. The van der Waals surface area contributed by atoms with Gasteiger partial charge < -0.3 is 19.6 Å². The van der Waals surface area contributed by atoms with E-state index in [4.69, 9.17) is 9.16 Å². The fourth-order valence-electron chi connectivity index (χ4n) is 1.14. The first kappa shape index (κ1) is 19.4. The number of ether oxygens (including phenoxy) is 1. The number of amides is 1. The van der Waals surface area contributed by atoms with Gasteiger partial charge in [0, 0.05) is 0 Å². The normalized spacial score (nSPS) is 14.8. The lowest BCUT2D eigenvalue weighted by Gasteiger charge is -2.37. The Morgan fingerprint density at radius 1 is 1.20 bits per heavy atom. The summed E-state index contributed by atoms with van der Waals surface area (Å²) in [7, 11) is -1.89. The van der Waals surface area contributed by atoms with Crippen molar-refractivity contribution in [2.24, 2.45) is 0 Å². The minimum atomic E-state index is -1.89. The quantitative estimate of drug-likeness (QED) is 0.766. The van der Waals surface area contributed by atoms with Crippen LogP contribution in [0.2, 0.25) is 18.1 Å². The van der Waals surface area contributed by atoms with Crippen LogP contribution in [-0.4, -0.2) is 44.4 Å². The molecule has 0 bridgehead atoms. The highest BCUT2D eigenvalue weighted by atomic mass is 28.4. The Labute approximate surface area is 124 Å². The first-order chi connectivity index (χ1) is 8.78. The van der Waals surface area contributed by atoms with E-state index in [9.17, 15) is 9.90 Å². The SMILES string of the molecule is CC(C)(C)OC(=O)N[C@H](CO)CO[Si](C)(C)C(C)(C)C. The van der Waals surface area contributed by atoms with Gasteiger partial charge in [-0.2, -0.15) is 0 Å². The predicted octanol–water partition coefficient (Wildman–Crippen LogP) is 2.89. The molecule has 5 nitrogen and oxygen atoms in total. The van der Waals surface area contributed by atoms with E-state index in [0.29, 0.717) is 6.61 Å².